The van der Waals surface area contributed by atoms with E-state index in [0.717, 1.165) is 0 Å². The van der Waals surface area contributed by atoms with Crippen LogP contribution < -0.4 is 43.8 Å². The fraction of sp³-hybridized carbons (Fsp3) is 0.350. The molecule has 7 amide bonds. The number of carbonyl (C=O) groups excluding carboxylic acids is 10. The van der Waals surface area contributed by atoms with Crippen molar-refractivity contribution in [3.05, 3.63) is 72.8 Å². The normalized spacial score (nSPS) is 10.2. The third kappa shape index (κ3) is 23.4. The van der Waals surface area contributed by atoms with E-state index in [9.17, 15) is 47.9 Å². The van der Waals surface area contributed by atoms with Crippen LogP contribution in [0.25, 0.3) is 0 Å². The summed E-state index contributed by atoms with van der Waals surface area (Å²) in [6, 6.07) is 11.4. The summed E-state index contributed by atoms with van der Waals surface area (Å²) in [5.41, 5.74) is 17.5. The number of benzene rings is 2. The fourth-order valence-corrected chi connectivity index (χ4v) is 4.20. The van der Waals surface area contributed by atoms with Crippen molar-refractivity contribution in [2.24, 2.45) is 23.3 Å². The predicted molar refractivity (Wildman–Crippen MR) is 227 cm³/mol. The minimum atomic E-state index is -1.80. The fourth-order valence-electron chi connectivity index (χ4n) is 4.20. The van der Waals surface area contributed by atoms with Crippen molar-refractivity contribution in [3.63, 3.8) is 0 Å². The van der Waals surface area contributed by atoms with Crippen LogP contribution in [0.1, 0.15) is 34.6 Å². The van der Waals surface area contributed by atoms with Gasteiger partial charge in [0, 0.05) is 33.9 Å². The summed E-state index contributed by atoms with van der Waals surface area (Å²) < 4.78 is 23.7. The number of anilines is 4. The Morgan fingerprint density at radius 2 is 0.905 bits per heavy atom. The van der Waals surface area contributed by atoms with Crippen LogP contribution in [0.5, 0.6) is 0 Å². The van der Waals surface area contributed by atoms with E-state index in [4.69, 9.17) is 31.4 Å². The van der Waals surface area contributed by atoms with Gasteiger partial charge in [-0.05, 0) is 71.0 Å². The second-order valence-corrected chi connectivity index (χ2v) is 12.2. The molecule has 344 valence electrons. The van der Waals surface area contributed by atoms with Gasteiger partial charge >= 0.3 is 41.9 Å². The molecule has 23 nitrogen and oxygen atoms in total. The van der Waals surface area contributed by atoms with Crippen molar-refractivity contribution in [2.45, 2.75) is 34.6 Å². The van der Waals surface area contributed by atoms with Crippen LogP contribution in [-0.2, 0) is 62.0 Å². The number of nitrogens with two attached hydrogens (primary N) is 3. The van der Waals surface area contributed by atoms with Crippen LogP contribution in [0.3, 0.4) is 0 Å². The van der Waals surface area contributed by atoms with E-state index >= 15 is 0 Å². The second kappa shape index (κ2) is 30.1. The van der Waals surface area contributed by atoms with E-state index < -0.39 is 71.5 Å². The van der Waals surface area contributed by atoms with Crippen LogP contribution >= 0.6 is 0 Å². The molecule has 23 heteroatoms. The molecule has 0 heterocycles. The Balaban J connectivity index is 0.00000101. The molecule has 1 unspecified atom stereocenters. The Morgan fingerprint density at radius 1 is 0.540 bits per heavy atom. The maximum atomic E-state index is 12.6. The summed E-state index contributed by atoms with van der Waals surface area (Å²) in [5.74, 6) is -10.5. The maximum absolute atomic E-state index is 12.6. The van der Waals surface area contributed by atoms with Crippen molar-refractivity contribution in [2.75, 3.05) is 67.8 Å². The Bertz CT molecular complexity index is 1950. The van der Waals surface area contributed by atoms with Gasteiger partial charge in [0.2, 0.25) is 29.6 Å². The summed E-state index contributed by atoms with van der Waals surface area (Å²) in [6.07, 6.45) is 0. The molecule has 1 atom stereocenters. The number of nitrogen functional groups attached to an aromatic ring is 1. The average Bonchev–Trinajstić information content (AvgIpc) is 3.18. The summed E-state index contributed by atoms with van der Waals surface area (Å²) in [5, 5.41) is 11.8. The monoisotopic (exact) mass is 886 g/mol. The molecular weight excluding hydrogens is 832 g/mol. The van der Waals surface area contributed by atoms with Crippen LogP contribution in [0.2, 0.25) is 0 Å². The summed E-state index contributed by atoms with van der Waals surface area (Å²) >= 11 is 0. The van der Waals surface area contributed by atoms with Crippen molar-refractivity contribution < 1.29 is 71.6 Å². The number of hydrogen-bond donors (Lipinski definition) is 8. The van der Waals surface area contributed by atoms with E-state index in [1.807, 2.05) is 0 Å². The van der Waals surface area contributed by atoms with Gasteiger partial charge in [0.15, 0.2) is 0 Å². The zero-order valence-electron chi connectivity index (χ0n) is 35.5. The Kier molecular flexibility index (Phi) is 26.3. The average molecular weight is 887 g/mol. The highest BCUT2D eigenvalue weighted by Gasteiger charge is 2.37. The Hall–Kier alpha value is -7.98. The number of urea groups is 2. The number of carbonyl (C=O) groups is 10. The van der Waals surface area contributed by atoms with Crippen LogP contribution in [0, 0.1) is 11.8 Å². The molecule has 0 spiro atoms. The molecule has 63 heavy (non-hydrogen) atoms. The highest BCUT2D eigenvalue weighted by Crippen LogP contribution is 2.17. The Morgan fingerprint density at radius 3 is 1.29 bits per heavy atom. The van der Waals surface area contributed by atoms with Crippen molar-refractivity contribution in [1.29, 1.82) is 0 Å². The molecule has 0 aromatic heterocycles. The van der Waals surface area contributed by atoms with Gasteiger partial charge in [-0.25, -0.2) is 19.2 Å². The lowest BCUT2D eigenvalue weighted by molar-refractivity contribution is -0.165. The van der Waals surface area contributed by atoms with Gasteiger partial charge in [-0.2, -0.15) is 0 Å². The number of primary amides is 2. The van der Waals surface area contributed by atoms with Crippen molar-refractivity contribution >= 4 is 82.4 Å². The highest BCUT2D eigenvalue weighted by molar-refractivity contribution is 6.19. The molecular formula is C40H54N8O15. The van der Waals surface area contributed by atoms with Crippen molar-refractivity contribution in [1.82, 2.24) is 10.6 Å². The van der Waals surface area contributed by atoms with E-state index in [0.29, 0.717) is 17.1 Å². The van der Waals surface area contributed by atoms with E-state index in [1.165, 1.54) is 45.0 Å². The minimum Gasteiger partial charge on any atom is -0.465 e. The smallest absolute Gasteiger partial charge is 0.333 e. The van der Waals surface area contributed by atoms with Gasteiger partial charge in [0.05, 0.1) is 32.9 Å². The zero-order valence-corrected chi connectivity index (χ0v) is 35.5. The van der Waals surface area contributed by atoms with Gasteiger partial charge in [-0.1, -0.05) is 25.3 Å². The quantitative estimate of drug-likeness (QED) is 0.0232. The highest BCUT2D eigenvalue weighted by atomic mass is 16.6. The molecule has 2 rings (SSSR count). The maximum Gasteiger partial charge on any atom is 0.333 e. The summed E-state index contributed by atoms with van der Waals surface area (Å²) in [7, 11) is 0. The molecule has 0 aliphatic carbocycles. The van der Waals surface area contributed by atoms with Crippen molar-refractivity contribution in [3.8, 4) is 0 Å². The van der Waals surface area contributed by atoms with E-state index in [-0.39, 0.29) is 63.0 Å². The first-order chi connectivity index (χ1) is 29.7. The topological polar surface area (TPSA) is 355 Å². The molecule has 0 saturated heterocycles. The molecule has 0 saturated carbocycles. The first-order valence-electron chi connectivity index (χ1n) is 18.8. The molecule has 0 fully saturated rings. The van der Waals surface area contributed by atoms with Crippen LogP contribution in [0.4, 0.5) is 32.3 Å². The largest absolute Gasteiger partial charge is 0.465 e. The lowest BCUT2D eigenvalue weighted by atomic mass is 10.1. The number of rotatable bonds is 20. The molecule has 0 radical (unpaired) electrons. The number of ether oxygens (including phenoxy) is 5. The molecule has 0 aliphatic heterocycles. The lowest BCUT2D eigenvalue weighted by Crippen LogP contribution is -2.44. The minimum absolute atomic E-state index is 0.0260. The lowest BCUT2D eigenvalue weighted by Gasteiger charge is -2.16. The second-order valence-electron chi connectivity index (χ2n) is 12.2. The first kappa shape index (κ1) is 55.0. The van der Waals surface area contributed by atoms with Gasteiger partial charge in [-0.15, -0.1) is 0 Å². The van der Waals surface area contributed by atoms with Crippen LogP contribution in [0.15, 0.2) is 72.8 Å². The first-order valence-corrected chi connectivity index (χ1v) is 18.8. The molecule has 0 bridgehead atoms. The van der Waals surface area contributed by atoms with Crippen LogP contribution in [-0.4, -0.2) is 106 Å². The standard InChI is InChI=1S/C19H24N4O7.C14H21NO7.C7H9N3O/c1-4-29-18(27)14(15(24)21-8-9-30-17(26)11(2)3)16(25)22-12-6-5-7-13(10-12)23-19(20)28;1-5-20-13(18)10(14(19)21-6-2)11(16)15-7-8-22-12(17)9(3)4;8-5-2-1-3-6(4-5)10-7(9)11/h5-7,10,14H,2,4,8-9H2,1,3H3,(H,21,24)(H,22,25)(H3,20,23,28);10H,3,5-8H2,1-2,4H3,(H,15,16);1-4H,8H2,(H3,9,10,11). The number of esters is 5. The summed E-state index contributed by atoms with van der Waals surface area (Å²) in [6.45, 7) is 13.9. The zero-order chi connectivity index (χ0) is 48.1. The number of nitrogens with one attached hydrogen (secondary N) is 5. The predicted octanol–water partition coefficient (Wildman–Crippen LogP) is 1.25. The van der Waals surface area contributed by atoms with E-state index in [2.05, 4.69) is 49.2 Å². The SMILES string of the molecule is C=C(C)C(=O)OCCNC(=O)C(C(=O)Nc1cccc(NC(N)=O)c1)C(=O)OCC.C=C(C)C(=O)OCCNC(=O)C(C(=O)OCC)C(=O)OCC.NC(=O)Nc1cccc(N)c1. The number of hydrogen-bond acceptors (Lipinski definition) is 16. The molecule has 11 N–H and O–H groups in total. The molecule has 0 aliphatic rings. The van der Waals surface area contributed by atoms with Gasteiger partial charge in [0.1, 0.15) is 13.2 Å². The third-order valence-corrected chi connectivity index (χ3v) is 6.87. The van der Waals surface area contributed by atoms with E-state index in [1.54, 1.807) is 38.1 Å². The summed E-state index contributed by atoms with van der Waals surface area (Å²) in [4.78, 5) is 116. The van der Waals surface area contributed by atoms with Gasteiger partial charge in [-0.3, -0.25) is 28.8 Å². The molecule has 2 aromatic carbocycles. The number of amides is 7. The molecule has 2 aromatic rings. The van der Waals surface area contributed by atoms with Gasteiger partial charge < -0.3 is 67.5 Å². The third-order valence-electron chi connectivity index (χ3n) is 6.87. The Labute approximate surface area is 362 Å². The van der Waals surface area contributed by atoms with Gasteiger partial charge in [0.25, 0.3) is 0 Å².